The van der Waals surface area contributed by atoms with Crippen LogP contribution in [-0.2, 0) is 0 Å². The van der Waals surface area contributed by atoms with Gasteiger partial charge in [0, 0.05) is 77.4 Å². The molecule has 60 heavy (non-hydrogen) atoms. The Balaban J connectivity index is 1.18. The van der Waals surface area contributed by atoms with Gasteiger partial charge >= 0.3 is 6.92 Å². The summed E-state index contributed by atoms with van der Waals surface area (Å²) in [5.41, 5.74) is -6.92. The zero-order valence-electron chi connectivity index (χ0n) is 59.7. The first-order valence-electron chi connectivity index (χ1n) is 33.2. The molecule has 13 aromatic rings. The van der Waals surface area contributed by atoms with Crippen LogP contribution >= 0.6 is 0 Å². The van der Waals surface area contributed by atoms with E-state index < -0.39 is 293 Å². The zero-order chi connectivity index (χ0) is 64.9. The van der Waals surface area contributed by atoms with Gasteiger partial charge in [-0.05, 0) is 59.9 Å². The maximum absolute atomic E-state index is 10.5. The number of rotatable bonds is 2. The Hall–Kier alpha value is -7.96. The number of para-hydroxylation sites is 6. The molecule has 0 bridgehead atoms. The Bertz CT molecular complexity index is 5740. The molecule has 276 valence electrons. The van der Waals surface area contributed by atoms with Crippen LogP contribution in [-0.4, -0.2) is 20.5 Å². The normalized spacial score (nSPS) is 20.2. The summed E-state index contributed by atoms with van der Waals surface area (Å²) in [6, 6.07) is -25.2. The maximum Gasteiger partial charge on any atom is 0.434 e. The minimum Gasteiger partial charge on any atom is -0.551 e. The Kier molecular flexibility index (Phi) is 2.68. The van der Waals surface area contributed by atoms with E-state index in [0.29, 0.717) is 0 Å². The average molecular weight is 794 g/mol. The van der Waals surface area contributed by atoms with Crippen LogP contribution in [0.4, 0.5) is 0 Å². The van der Waals surface area contributed by atoms with Gasteiger partial charge in [0.2, 0.25) is 0 Å². The van der Waals surface area contributed by atoms with Crippen LogP contribution in [0.5, 0.6) is 17.2 Å². The van der Waals surface area contributed by atoms with Gasteiger partial charge in [-0.1, -0.05) is 115 Å². The highest BCUT2D eigenvalue weighted by Crippen LogP contribution is 2.48. The molecular weight excluding hydrogens is 733 g/mol. The molecule has 0 spiro atoms. The minimum absolute atomic E-state index is 0.258. The first kappa shape index (κ1) is 14.7. The van der Waals surface area contributed by atoms with Gasteiger partial charge in [-0.3, -0.25) is 0 Å². The number of ether oxygens (including phenoxy) is 1. The lowest BCUT2D eigenvalue weighted by Gasteiger charge is -2.33. The van der Waals surface area contributed by atoms with E-state index in [1.165, 1.54) is 0 Å². The molecule has 0 aliphatic carbocycles. The molecule has 0 N–H and O–H groups in total. The molecule has 15 rings (SSSR count). The zero-order valence-corrected chi connectivity index (χ0v) is 29.7. The third kappa shape index (κ3) is 3.76. The maximum atomic E-state index is 10.5. The summed E-state index contributed by atoms with van der Waals surface area (Å²) in [4.78, 5) is 0. The lowest BCUT2D eigenvalue weighted by atomic mass is 9.51. The Morgan fingerprint density at radius 3 is 1.68 bits per heavy atom. The van der Waals surface area contributed by atoms with Crippen molar-refractivity contribution in [3.63, 3.8) is 0 Å². The highest BCUT2D eigenvalue weighted by atomic mass is 16.5. The molecule has 0 amide bonds. The third-order valence-electron chi connectivity index (χ3n) is 11.2. The van der Waals surface area contributed by atoms with Gasteiger partial charge in [0.1, 0.15) is 17.2 Å². The fourth-order valence-corrected chi connectivity index (χ4v) is 8.89. The van der Waals surface area contributed by atoms with Crippen molar-refractivity contribution in [1.29, 1.82) is 0 Å². The largest absolute Gasteiger partial charge is 0.551 e. The lowest BCUT2D eigenvalue weighted by Crippen LogP contribution is -2.53. The first-order valence-corrected chi connectivity index (χ1v) is 18.2. The number of nitrogens with zero attached hydrogens (tertiary/aromatic N) is 3. The van der Waals surface area contributed by atoms with E-state index in [9.17, 15) is 19.2 Å². The Morgan fingerprint density at radius 1 is 0.400 bits per heavy atom. The predicted octanol–water partition coefficient (Wildman–Crippen LogP) is 12.3. The summed E-state index contributed by atoms with van der Waals surface area (Å²) in [5, 5.41) is -3.28. The number of hydrogen-bond acceptors (Lipinski definition) is 2. The number of hydrogen-bond donors (Lipinski definition) is 0. The van der Waals surface area contributed by atoms with E-state index in [1.54, 1.807) is 0 Å². The van der Waals surface area contributed by atoms with E-state index >= 15 is 0 Å². The van der Waals surface area contributed by atoms with Crippen molar-refractivity contribution >= 4 is 99.5 Å². The van der Waals surface area contributed by atoms with Crippen molar-refractivity contribution in [3.8, 4) is 39.8 Å². The summed E-state index contributed by atoms with van der Waals surface area (Å²) in [6.07, 6.45) is 0. The molecule has 0 fully saturated rings. The van der Waals surface area contributed by atoms with Crippen molar-refractivity contribution in [2.45, 2.75) is 0 Å². The molecule has 5 nitrogen and oxygen atoms in total. The molecular formula is C54H30BN3O2. The second kappa shape index (κ2) is 11.0. The van der Waals surface area contributed by atoms with Crippen LogP contribution in [0, 0.1) is 0 Å². The third-order valence-corrected chi connectivity index (χ3v) is 11.2. The van der Waals surface area contributed by atoms with E-state index in [-0.39, 0.29) is 27.2 Å². The van der Waals surface area contributed by atoms with Crippen molar-refractivity contribution in [3.05, 3.63) is 181 Å². The van der Waals surface area contributed by atoms with Crippen LogP contribution in [0.2, 0.25) is 0 Å². The molecule has 4 aromatic heterocycles. The molecule has 6 heteroatoms. The molecule has 0 saturated carbocycles. The fraction of sp³-hybridized carbons (Fsp3) is 0. The average Bonchev–Trinajstić information content (AvgIpc) is 1.45. The molecule has 9 aromatic carbocycles. The first-order chi connectivity index (χ1) is 42.3. The number of fused-ring (bicyclic) bond motifs is 17. The summed E-state index contributed by atoms with van der Waals surface area (Å²) < 4.78 is 294. The number of benzene rings is 9. The Morgan fingerprint density at radius 2 is 0.950 bits per heavy atom. The molecule has 0 unspecified atom stereocenters. The summed E-state index contributed by atoms with van der Waals surface area (Å²) >= 11 is 0. The fourth-order valence-electron chi connectivity index (χ4n) is 8.89. The second-order valence-electron chi connectivity index (χ2n) is 14.1. The topological polar surface area (TPSA) is 32.7 Å². The van der Waals surface area contributed by atoms with Crippen molar-refractivity contribution in [2.75, 3.05) is 0 Å². The molecule has 2 aliphatic heterocycles. The highest BCUT2D eigenvalue weighted by Gasteiger charge is 2.41. The van der Waals surface area contributed by atoms with Gasteiger partial charge in [0.05, 0.1) is 85.4 Å². The quantitative estimate of drug-likeness (QED) is 0.163. The number of aromatic nitrogens is 3. The van der Waals surface area contributed by atoms with E-state index in [1.807, 2.05) is 0 Å². The minimum atomic E-state index is -1.98. The molecule has 0 atom stereocenters. The highest BCUT2D eigenvalue weighted by molar-refractivity contribution is 6.84. The van der Waals surface area contributed by atoms with Gasteiger partial charge in [-0.2, -0.15) is 0 Å². The standard InChI is InChI=1S/C54H30BN3O2/c1-7-19-43-33(13-1)34-14-2-8-20-44(34)56(43)31-25-26-42-49(28-31)59-50-29-32(27-39-37-17-6-12-24-48(37)60-55(42)52(39)50)57-45-21-9-3-15-35(45)40-30-41-36-16-4-10-22-46(36)58-47-23-11-5-18-38(47)51(53(40)57)54(41)58/h1-30H/i1D,2D,3D,4D,5D,6D,7D,8D,9D,10D,11D,12D,13D,14D,15D,16D,17D,18D,19D,20D,21D,22D,23D,24D,25D,26D,27D,28D,29D,30D. The van der Waals surface area contributed by atoms with Crippen LogP contribution in [0.15, 0.2) is 181 Å². The van der Waals surface area contributed by atoms with Gasteiger partial charge in [-0.25, -0.2) is 0 Å². The van der Waals surface area contributed by atoms with Crippen LogP contribution < -0.4 is 20.3 Å². The molecule has 0 saturated heterocycles. The van der Waals surface area contributed by atoms with Crippen molar-refractivity contribution in [2.24, 2.45) is 0 Å². The summed E-state index contributed by atoms with van der Waals surface area (Å²) in [6.45, 7) is -1.98. The van der Waals surface area contributed by atoms with Crippen LogP contribution in [0.3, 0.4) is 0 Å². The van der Waals surface area contributed by atoms with E-state index in [4.69, 9.17) is 31.3 Å². The molecule has 2 aliphatic rings. The van der Waals surface area contributed by atoms with Crippen molar-refractivity contribution < 1.29 is 50.5 Å². The van der Waals surface area contributed by atoms with E-state index in [0.717, 1.165) is 13.5 Å². The SMILES string of the molecule is [2H]c1c([2H])c([2H])c2c(c1[2H])OB1c3c([2H])c([2H])c(-n4c5c([2H])c([2H])c([2H])c([2H])c5c5c([2H])c([2H])c([2H])c([2H])c54)c([2H])c3Oc3c([2H])c(-n4c5c([2H])c([2H])c([2H])c([2H])c5c5c([2H])c6c7c([2H])c([2H])c([2H])c([2H])c7n7c8c([2H])c([2H])c([2H])c([2H])c8c(c54)c67)c([2H])c-2c31. The van der Waals surface area contributed by atoms with Crippen LogP contribution in [0.1, 0.15) is 41.1 Å². The Labute approximate surface area is 385 Å². The van der Waals surface area contributed by atoms with Gasteiger partial charge in [-0.15, -0.1) is 0 Å². The monoisotopic (exact) mass is 793 g/mol. The van der Waals surface area contributed by atoms with Crippen molar-refractivity contribution in [1.82, 2.24) is 13.5 Å². The van der Waals surface area contributed by atoms with Gasteiger partial charge in [0.25, 0.3) is 0 Å². The van der Waals surface area contributed by atoms with Gasteiger partial charge < -0.3 is 22.9 Å². The van der Waals surface area contributed by atoms with E-state index in [2.05, 4.69) is 0 Å². The second-order valence-corrected chi connectivity index (χ2v) is 14.1. The lowest BCUT2D eigenvalue weighted by molar-refractivity contribution is 0.479. The molecule has 6 heterocycles. The molecule has 0 radical (unpaired) electrons. The summed E-state index contributed by atoms with van der Waals surface area (Å²) in [7, 11) is 0. The predicted molar refractivity (Wildman–Crippen MR) is 247 cm³/mol. The smallest absolute Gasteiger partial charge is 0.434 e. The van der Waals surface area contributed by atoms with Crippen LogP contribution in [0.25, 0.3) is 104 Å². The summed E-state index contributed by atoms with van der Waals surface area (Å²) in [5.74, 6) is -2.24. The van der Waals surface area contributed by atoms with Gasteiger partial charge in [0.15, 0.2) is 0 Å².